The maximum absolute atomic E-state index is 13.0. The molecule has 3 rings (SSSR count). The van der Waals surface area contributed by atoms with Crippen LogP contribution in [0.5, 0.6) is 5.75 Å². The third-order valence-corrected chi connectivity index (χ3v) is 7.64. The number of aliphatic carboxylic acids is 1. The standard InChI is InChI=1S/C30H40N2O4S/c1-4-5-15-36-26-13-11-24(12-14-26)18-27(32-28(33)19-23-9-7-6-8-10-23)29-31-25(20-37-29)17-21(2)16-22(3)30(34)35/h11-14,16-17,20,23,27H,4-10,15,18-19H2,1-3H3,(H,32,33)(H,34,35)/b21-17+,22-16-/t27-/m0/s1. The van der Waals surface area contributed by atoms with Crippen molar-refractivity contribution in [1.82, 2.24) is 10.3 Å². The molecule has 0 aliphatic heterocycles. The minimum atomic E-state index is -0.936. The number of ether oxygens (including phenoxy) is 1. The summed E-state index contributed by atoms with van der Waals surface area (Å²) >= 11 is 1.52. The number of hydrogen-bond donors (Lipinski definition) is 2. The van der Waals surface area contributed by atoms with E-state index in [-0.39, 0.29) is 17.5 Å². The van der Waals surface area contributed by atoms with Gasteiger partial charge in [-0.15, -0.1) is 11.3 Å². The number of amides is 1. The Morgan fingerprint density at radius 1 is 1.19 bits per heavy atom. The van der Waals surface area contributed by atoms with E-state index in [2.05, 4.69) is 24.4 Å². The second kappa shape index (κ2) is 14.7. The Bertz CT molecular complexity index is 1080. The molecule has 0 spiro atoms. The van der Waals surface area contributed by atoms with Crippen molar-refractivity contribution in [3.05, 3.63) is 63.1 Å². The predicted molar refractivity (Wildman–Crippen MR) is 150 cm³/mol. The molecule has 2 N–H and O–H groups in total. The highest BCUT2D eigenvalue weighted by molar-refractivity contribution is 7.09. The average molecular weight is 525 g/mol. The molecule has 1 heterocycles. The third kappa shape index (κ3) is 9.80. The van der Waals surface area contributed by atoms with Crippen LogP contribution in [0.3, 0.4) is 0 Å². The van der Waals surface area contributed by atoms with E-state index < -0.39 is 5.97 Å². The summed E-state index contributed by atoms with van der Waals surface area (Å²) in [5, 5.41) is 15.2. The zero-order chi connectivity index (χ0) is 26.6. The number of nitrogens with zero attached hydrogens (tertiary/aromatic N) is 1. The molecule has 2 aromatic rings. The van der Waals surface area contributed by atoms with Crippen molar-refractivity contribution in [1.29, 1.82) is 0 Å². The fraction of sp³-hybridized carbons (Fsp3) is 0.500. The molecule has 1 aromatic carbocycles. The number of rotatable bonds is 13. The van der Waals surface area contributed by atoms with Gasteiger partial charge in [-0.25, -0.2) is 9.78 Å². The second-order valence-electron chi connectivity index (χ2n) is 10.0. The number of benzene rings is 1. The van der Waals surface area contributed by atoms with Crippen molar-refractivity contribution in [3.8, 4) is 5.75 Å². The molecule has 1 fully saturated rings. The molecule has 1 atom stereocenters. The summed E-state index contributed by atoms with van der Waals surface area (Å²) in [7, 11) is 0. The van der Waals surface area contributed by atoms with E-state index in [0.717, 1.165) is 53.3 Å². The van der Waals surface area contributed by atoms with Gasteiger partial charge in [0.1, 0.15) is 10.8 Å². The number of carboxylic acids is 1. The van der Waals surface area contributed by atoms with Gasteiger partial charge < -0.3 is 15.2 Å². The van der Waals surface area contributed by atoms with Gasteiger partial charge in [0, 0.05) is 17.4 Å². The monoisotopic (exact) mass is 524 g/mol. The fourth-order valence-electron chi connectivity index (χ4n) is 4.60. The van der Waals surface area contributed by atoms with Crippen LogP contribution in [0, 0.1) is 5.92 Å². The number of hydrogen-bond acceptors (Lipinski definition) is 5. The van der Waals surface area contributed by atoms with Crippen LogP contribution in [0.4, 0.5) is 0 Å². The summed E-state index contributed by atoms with van der Waals surface area (Å²) in [6.45, 7) is 6.29. The summed E-state index contributed by atoms with van der Waals surface area (Å²) in [5.74, 6) is 0.474. The van der Waals surface area contributed by atoms with Crippen molar-refractivity contribution in [2.24, 2.45) is 5.92 Å². The molecule has 1 saturated carbocycles. The first kappa shape index (κ1) is 28.6. The summed E-state index contributed by atoms with van der Waals surface area (Å²) in [4.78, 5) is 28.9. The van der Waals surface area contributed by atoms with Gasteiger partial charge in [-0.2, -0.15) is 0 Å². The number of allylic oxidation sites excluding steroid dienone is 2. The SMILES string of the molecule is CCCCOc1ccc(C[C@H](NC(=O)CC2CCCCC2)c2nc(/C=C(C)/C=C(/C)C(=O)O)cs2)cc1. The molecule has 200 valence electrons. The zero-order valence-corrected chi connectivity index (χ0v) is 23.1. The highest BCUT2D eigenvalue weighted by Crippen LogP contribution is 2.28. The number of unbranched alkanes of at least 4 members (excludes halogenated alkanes) is 1. The Kier molecular flexibility index (Phi) is 11.4. The van der Waals surface area contributed by atoms with Crippen LogP contribution in [0.1, 0.15) is 94.4 Å². The van der Waals surface area contributed by atoms with E-state index >= 15 is 0 Å². The molecule has 1 aliphatic carbocycles. The van der Waals surface area contributed by atoms with Crippen LogP contribution < -0.4 is 10.1 Å². The minimum absolute atomic E-state index is 0.0832. The van der Waals surface area contributed by atoms with E-state index in [0.29, 0.717) is 25.4 Å². The molecule has 1 amide bonds. The van der Waals surface area contributed by atoms with Crippen molar-refractivity contribution < 1.29 is 19.4 Å². The third-order valence-electron chi connectivity index (χ3n) is 6.66. The Labute approximate surface area is 224 Å². The maximum atomic E-state index is 13.0. The highest BCUT2D eigenvalue weighted by atomic mass is 32.1. The van der Waals surface area contributed by atoms with Crippen LogP contribution in [0.2, 0.25) is 0 Å². The molecule has 0 saturated heterocycles. The molecule has 37 heavy (non-hydrogen) atoms. The Hall–Kier alpha value is -2.93. The molecule has 1 aromatic heterocycles. The van der Waals surface area contributed by atoms with Gasteiger partial charge in [-0.05, 0) is 80.9 Å². The number of thiazole rings is 1. The first-order valence-corrected chi connectivity index (χ1v) is 14.3. The molecule has 0 bridgehead atoms. The second-order valence-corrected chi connectivity index (χ2v) is 10.9. The van der Waals surface area contributed by atoms with E-state index in [4.69, 9.17) is 14.8 Å². The van der Waals surface area contributed by atoms with Gasteiger partial charge in [-0.3, -0.25) is 4.79 Å². The molecule has 0 radical (unpaired) electrons. The molecule has 7 heteroatoms. The number of carbonyl (C=O) groups excluding carboxylic acids is 1. The molecule has 1 aliphatic rings. The highest BCUT2D eigenvalue weighted by Gasteiger charge is 2.22. The average Bonchev–Trinajstić information content (AvgIpc) is 3.33. The van der Waals surface area contributed by atoms with Crippen LogP contribution in [0.15, 0.2) is 46.9 Å². The van der Waals surface area contributed by atoms with Gasteiger partial charge in [0.05, 0.1) is 18.3 Å². The normalized spacial score (nSPS) is 15.9. The zero-order valence-electron chi connectivity index (χ0n) is 22.3. The molecule has 0 unspecified atom stereocenters. The van der Waals surface area contributed by atoms with E-state index in [1.165, 1.54) is 30.6 Å². The van der Waals surface area contributed by atoms with E-state index in [1.54, 1.807) is 13.0 Å². The first-order valence-electron chi connectivity index (χ1n) is 13.4. The Morgan fingerprint density at radius 2 is 1.92 bits per heavy atom. The van der Waals surface area contributed by atoms with E-state index in [9.17, 15) is 9.59 Å². The lowest BCUT2D eigenvalue weighted by atomic mass is 9.87. The van der Waals surface area contributed by atoms with Gasteiger partial charge in [0.2, 0.25) is 5.91 Å². The summed E-state index contributed by atoms with van der Waals surface area (Å²) in [6.07, 6.45) is 12.8. The van der Waals surface area contributed by atoms with Gasteiger partial charge in [0.25, 0.3) is 0 Å². The van der Waals surface area contributed by atoms with Crippen molar-refractivity contribution in [2.45, 2.75) is 84.6 Å². The fourth-order valence-corrected chi connectivity index (χ4v) is 5.43. The largest absolute Gasteiger partial charge is 0.494 e. The van der Waals surface area contributed by atoms with Crippen molar-refractivity contribution in [2.75, 3.05) is 6.61 Å². The van der Waals surface area contributed by atoms with Crippen molar-refractivity contribution in [3.63, 3.8) is 0 Å². The van der Waals surface area contributed by atoms with Gasteiger partial charge in [-0.1, -0.05) is 44.7 Å². The summed E-state index contributed by atoms with van der Waals surface area (Å²) in [6, 6.07) is 7.86. The Morgan fingerprint density at radius 3 is 2.59 bits per heavy atom. The summed E-state index contributed by atoms with van der Waals surface area (Å²) in [5.41, 5.74) is 2.96. The lowest BCUT2D eigenvalue weighted by Crippen LogP contribution is -2.31. The smallest absolute Gasteiger partial charge is 0.331 e. The number of carboxylic acid groups (broad SMARTS) is 1. The van der Waals surface area contributed by atoms with E-state index in [1.807, 2.05) is 30.5 Å². The topological polar surface area (TPSA) is 88.5 Å². The first-order chi connectivity index (χ1) is 17.8. The quantitative estimate of drug-likeness (QED) is 0.165. The van der Waals surface area contributed by atoms with Crippen molar-refractivity contribution >= 4 is 29.3 Å². The van der Waals surface area contributed by atoms with Crippen LogP contribution >= 0.6 is 11.3 Å². The number of nitrogens with one attached hydrogen (secondary N) is 1. The van der Waals surface area contributed by atoms with Gasteiger partial charge >= 0.3 is 5.97 Å². The van der Waals surface area contributed by atoms with Gasteiger partial charge in [0.15, 0.2) is 0 Å². The predicted octanol–water partition coefficient (Wildman–Crippen LogP) is 7.13. The van der Waals surface area contributed by atoms with Crippen LogP contribution in [-0.2, 0) is 16.0 Å². The molecular weight excluding hydrogens is 484 g/mol. The summed E-state index contributed by atoms with van der Waals surface area (Å²) < 4.78 is 5.79. The molecule has 6 nitrogen and oxygen atoms in total. The minimum Gasteiger partial charge on any atom is -0.494 e. The van der Waals surface area contributed by atoms with Crippen LogP contribution in [0.25, 0.3) is 6.08 Å². The molecular formula is C30H40N2O4S. The number of carbonyl (C=O) groups is 2. The Balaban J connectivity index is 1.74. The lowest BCUT2D eigenvalue weighted by Gasteiger charge is -2.23. The number of aromatic nitrogens is 1. The van der Waals surface area contributed by atoms with Crippen LogP contribution in [-0.4, -0.2) is 28.6 Å². The lowest BCUT2D eigenvalue weighted by molar-refractivity contribution is -0.132. The maximum Gasteiger partial charge on any atom is 0.331 e.